The van der Waals surface area contributed by atoms with Crippen molar-refractivity contribution in [2.45, 2.75) is 12.8 Å². The number of nitrogens with zero attached hydrogens (tertiary/aromatic N) is 3. The van der Waals surface area contributed by atoms with E-state index in [0.717, 1.165) is 0 Å². The Morgan fingerprint density at radius 1 is 1.42 bits per heavy atom. The summed E-state index contributed by atoms with van der Waals surface area (Å²) in [4.78, 5) is 12.4. The first-order valence-corrected chi connectivity index (χ1v) is 6.10. The minimum Gasteiger partial charge on any atom is -0.292 e. The van der Waals surface area contributed by atoms with Crippen LogP contribution < -0.4 is 0 Å². The van der Waals surface area contributed by atoms with Gasteiger partial charge in [0.25, 0.3) is 0 Å². The lowest BCUT2D eigenvalue weighted by molar-refractivity contribution is 0.0978. The number of nitriles is 1. The van der Waals surface area contributed by atoms with Gasteiger partial charge >= 0.3 is 0 Å². The van der Waals surface area contributed by atoms with Crippen molar-refractivity contribution in [3.8, 4) is 6.07 Å². The molecule has 5 heteroatoms. The lowest BCUT2D eigenvalue weighted by Gasteiger charge is -2.07. The number of hydrogen-bond acceptors (Lipinski definition) is 3. The molecule has 0 N–H and O–H groups in total. The van der Waals surface area contributed by atoms with Crippen LogP contribution in [0.1, 0.15) is 27.5 Å². The second kappa shape index (κ2) is 5.25. The van der Waals surface area contributed by atoms with Gasteiger partial charge in [-0.05, 0) is 24.6 Å². The fourth-order valence-electron chi connectivity index (χ4n) is 1.94. The van der Waals surface area contributed by atoms with Crippen LogP contribution in [0.5, 0.6) is 0 Å². The molecule has 1 heterocycles. The highest BCUT2D eigenvalue weighted by molar-refractivity contribution is 6.30. The van der Waals surface area contributed by atoms with Crippen molar-refractivity contribution < 1.29 is 4.79 Å². The number of hydrogen-bond donors (Lipinski definition) is 0. The monoisotopic (exact) mass is 273 g/mol. The Bertz CT molecular complexity index is 652. The molecule has 0 radical (unpaired) electrons. The SMILES string of the molecule is Cc1nn(C)cc1C(=O)C(C#N)c1ccc(Cl)cc1. The van der Waals surface area contributed by atoms with Gasteiger partial charge in [0.15, 0.2) is 5.78 Å². The van der Waals surface area contributed by atoms with E-state index in [-0.39, 0.29) is 5.78 Å². The van der Waals surface area contributed by atoms with Crippen molar-refractivity contribution in [2.75, 3.05) is 0 Å². The van der Waals surface area contributed by atoms with Crippen LogP contribution in [0.3, 0.4) is 0 Å². The molecule has 2 aromatic rings. The molecule has 0 saturated carbocycles. The topological polar surface area (TPSA) is 58.7 Å². The molecule has 19 heavy (non-hydrogen) atoms. The zero-order valence-corrected chi connectivity index (χ0v) is 11.3. The summed E-state index contributed by atoms with van der Waals surface area (Å²) in [7, 11) is 1.74. The standard InChI is InChI=1S/C14H12ClN3O/c1-9-13(8-18(2)17-9)14(19)12(7-16)10-3-5-11(15)6-4-10/h3-6,8,12H,1-2H3. The van der Waals surface area contributed by atoms with Gasteiger partial charge in [-0.15, -0.1) is 0 Å². The number of rotatable bonds is 3. The van der Waals surface area contributed by atoms with Gasteiger partial charge in [-0.1, -0.05) is 23.7 Å². The van der Waals surface area contributed by atoms with Gasteiger partial charge in [0.05, 0.1) is 17.3 Å². The number of aryl methyl sites for hydroxylation is 2. The second-order valence-electron chi connectivity index (χ2n) is 4.28. The second-order valence-corrected chi connectivity index (χ2v) is 4.72. The summed E-state index contributed by atoms with van der Waals surface area (Å²) in [5.41, 5.74) is 1.74. The van der Waals surface area contributed by atoms with E-state index < -0.39 is 5.92 Å². The third-order valence-corrected chi connectivity index (χ3v) is 3.13. The van der Waals surface area contributed by atoms with Crippen molar-refractivity contribution in [1.29, 1.82) is 5.26 Å². The van der Waals surface area contributed by atoms with E-state index in [1.807, 2.05) is 6.07 Å². The molecule has 0 aliphatic carbocycles. The van der Waals surface area contributed by atoms with Gasteiger partial charge in [0, 0.05) is 18.3 Å². The maximum atomic E-state index is 12.4. The van der Waals surface area contributed by atoms with Gasteiger partial charge < -0.3 is 0 Å². The van der Waals surface area contributed by atoms with E-state index >= 15 is 0 Å². The molecule has 0 aliphatic rings. The first-order chi connectivity index (χ1) is 9.02. The normalized spacial score (nSPS) is 11.9. The summed E-state index contributed by atoms with van der Waals surface area (Å²) in [6.07, 6.45) is 1.64. The van der Waals surface area contributed by atoms with Crippen LogP contribution in [0.25, 0.3) is 0 Å². The number of halogens is 1. The van der Waals surface area contributed by atoms with Gasteiger partial charge in [-0.3, -0.25) is 9.48 Å². The Morgan fingerprint density at radius 3 is 2.53 bits per heavy atom. The van der Waals surface area contributed by atoms with E-state index in [1.54, 1.807) is 49.1 Å². The molecule has 1 aromatic carbocycles. The van der Waals surface area contributed by atoms with E-state index in [9.17, 15) is 10.1 Å². The molecule has 0 saturated heterocycles. The lowest BCUT2D eigenvalue weighted by Crippen LogP contribution is -2.11. The average Bonchev–Trinajstić information content (AvgIpc) is 2.71. The van der Waals surface area contributed by atoms with Crippen molar-refractivity contribution >= 4 is 17.4 Å². The number of aromatic nitrogens is 2. The van der Waals surface area contributed by atoms with Crippen LogP contribution in [0.4, 0.5) is 0 Å². The fourth-order valence-corrected chi connectivity index (χ4v) is 2.06. The summed E-state index contributed by atoms with van der Waals surface area (Å²) in [6, 6.07) is 8.77. The Morgan fingerprint density at radius 2 is 2.05 bits per heavy atom. The maximum Gasteiger partial charge on any atom is 0.187 e. The third-order valence-electron chi connectivity index (χ3n) is 2.87. The molecular formula is C14H12ClN3O. The Hall–Kier alpha value is -2.12. The average molecular weight is 274 g/mol. The van der Waals surface area contributed by atoms with Crippen LogP contribution in [0.2, 0.25) is 5.02 Å². The van der Waals surface area contributed by atoms with E-state index in [4.69, 9.17) is 11.6 Å². The van der Waals surface area contributed by atoms with Crippen molar-refractivity contribution in [3.05, 3.63) is 52.3 Å². The third kappa shape index (κ3) is 2.67. The minimum atomic E-state index is -0.833. The smallest absolute Gasteiger partial charge is 0.187 e. The van der Waals surface area contributed by atoms with Gasteiger partial charge in [0.2, 0.25) is 0 Å². The van der Waals surface area contributed by atoms with Crippen LogP contribution in [-0.4, -0.2) is 15.6 Å². The van der Waals surface area contributed by atoms with Crippen LogP contribution in [0.15, 0.2) is 30.5 Å². The van der Waals surface area contributed by atoms with Crippen molar-refractivity contribution in [2.24, 2.45) is 7.05 Å². The summed E-state index contributed by atoms with van der Waals surface area (Å²) in [5.74, 6) is -1.07. The highest BCUT2D eigenvalue weighted by atomic mass is 35.5. The number of carbonyl (C=O) groups is 1. The number of Topliss-reactive ketones (excluding diaryl/α,β-unsaturated/α-hetero) is 1. The summed E-state index contributed by atoms with van der Waals surface area (Å²) < 4.78 is 1.57. The molecule has 2 rings (SSSR count). The first kappa shape index (κ1) is 13.3. The number of benzene rings is 1. The predicted octanol–water partition coefficient (Wildman–Crippen LogP) is 2.87. The number of carbonyl (C=O) groups excluding carboxylic acids is 1. The molecule has 0 bridgehead atoms. The lowest BCUT2D eigenvalue weighted by atomic mass is 9.92. The molecule has 1 unspecified atom stereocenters. The van der Waals surface area contributed by atoms with Crippen molar-refractivity contribution in [3.63, 3.8) is 0 Å². The molecule has 1 aromatic heterocycles. The maximum absolute atomic E-state index is 12.4. The van der Waals surface area contributed by atoms with Gasteiger partial charge in [-0.2, -0.15) is 10.4 Å². The zero-order valence-electron chi connectivity index (χ0n) is 10.6. The summed E-state index contributed by atoms with van der Waals surface area (Å²) >= 11 is 5.80. The summed E-state index contributed by atoms with van der Waals surface area (Å²) in [5, 5.41) is 13.9. The quantitative estimate of drug-likeness (QED) is 0.808. The highest BCUT2D eigenvalue weighted by Gasteiger charge is 2.24. The molecule has 0 aliphatic heterocycles. The van der Waals surface area contributed by atoms with Crippen LogP contribution in [0, 0.1) is 18.3 Å². The largest absolute Gasteiger partial charge is 0.292 e. The predicted molar refractivity (Wildman–Crippen MR) is 72.1 cm³/mol. The van der Waals surface area contributed by atoms with E-state index in [0.29, 0.717) is 21.8 Å². The van der Waals surface area contributed by atoms with Crippen LogP contribution in [-0.2, 0) is 7.05 Å². The zero-order chi connectivity index (χ0) is 14.0. The van der Waals surface area contributed by atoms with Gasteiger partial charge in [0.1, 0.15) is 5.92 Å². The Kier molecular flexibility index (Phi) is 3.68. The summed E-state index contributed by atoms with van der Waals surface area (Å²) in [6.45, 7) is 1.75. The van der Waals surface area contributed by atoms with Crippen LogP contribution >= 0.6 is 11.6 Å². The van der Waals surface area contributed by atoms with Crippen molar-refractivity contribution in [1.82, 2.24) is 9.78 Å². The van der Waals surface area contributed by atoms with E-state index in [1.165, 1.54) is 0 Å². The molecule has 4 nitrogen and oxygen atoms in total. The number of ketones is 1. The molecule has 0 amide bonds. The fraction of sp³-hybridized carbons (Fsp3) is 0.214. The minimum absolute atomic E-state index is 0.240. The van der Waals surface area contributed by atoms with E-state index in [2.05, 4.69) is 5.10 Å². The first-order valence-electron chi connectivity index (χ1n) is 5.72. The molecule has 0 spiro atoms. The molecule has 0 fully saturated rings. The molecular weight excluding hydrogens is 262 g/mol. The highest BCUT2D eigenvalue weighted by Crippen LogP contribution is 2.23. The Labute approximate surface area is 116 Å². The molecule has 1 atom stereocenters. The van der Waals surface area contributed by atoms with Gasteiger partial charge in [-0.25, -0.2) is 0 Å². The molecule has 96 valence electrons. The Balaban J connectivity index is 2.38.